The Morgan fingerprint density at radius 1 is 1.07 bits per heavy atom. The van der Waals surface area contributed by atoms with Gasteiger partial charge in [0.25, 0.3) is 0 Å². The lowest BCUT2D eigenvalue weighted by Gasteiger charge is -2.19. The molecule has 150 valence electrons. The largest absolute Gasteiger partial charge is 0.481 e. The Bertz CT molecular complexity index is 871. The molecule has 2 aromatic carbocycles. The fourth-order valence-electron chi connectivity index (χ4n) is 2.59. The number of ether oxygens (including phenoxy) is 1. The Balaban J connectivity index is 2.31. The third-order valence-corrected chi connectivity index (χ3v) is 4.60. The summed E-state index contributed by atoms with van der Waals surface area (Å²) in [4.78, 5) is 23.2. The van der Waals surface area contributed by atoms with E-state index in [0.29, 0.717) is 28.5 Å². The number of thiol groups is 1. The number of carboxylic acid groups (broad SMARTS) is 1. The Morgan fingerprint density at radius 2 is 1.79 bits per heavy atom. The molecule has 0 bridgehead atoms. The second kappa shape index (κ2) is 9.15. The van der Waals surface area contributed by atoms with E-state index < -0.39 is 11.4 Å². The van der Waals surface area contributed by atoms with Crippen molar-refractivity contribution >= 4 is 30.2 Å². The van der Waals surface area contributed by atoms with E-state index in [1.807, 2.05) is 45.9 Å². The van der Waals surface area contributed by atoms with E-state index in [2.05, 4.69) is 17.9 Å². The van der Waals surface area contributed by atoms with E-state index in [4.69, 9.17) is 9.84 Å². The highest BCUT2D eigenvalue weighted by Crippen LogP contribution is 2.32. The summed E-state index contributed by atoms with van der Waals surface area (Å²) in [7, 11) is 0. The van der Waals surface area contributed by atoms with Gasteiger partial charge in [0, 0.05) is 22.4 Å². The minimum absolute atomic E-state index is 0.0580. The summed E-state index contributed by atoms with van der Waals surface area (Å²) in [6.45, 7) is 7.59. The van der Waals surface area contributed by atoms with Crippen LogP contribution in [0.5, 0.6) is 11.5 Å². The normalized spacial score (nSPS) is 11.2. The predicted molar refractivity (Wildman–Crippen MR) is 114 cm³/mol. The van der Waals surface area contributed by atoms with Crippen LogP contribution in [0.4, 0.5) is 5.69 Å². The van der Waals surface area contributed by atoms with Crippen LogP contribution < -0.4 is 10.1 Å². The van der Waals surface area contributed by atoms with E-state index in [1.54, 1.807) is 18.2 Å². The van der Waals surface area contributed by atoms with Gasteiger partial charge in [-0.25, -0.2) is 0 Å². The second-order valence-electron chi connectivity index (χ2n) is 7.65. The van der Waals surface area contributed by atoms with Gasteiger partial charge in [0.2, 0.25) is 5.91 Å². The molecule has 2 N–H and O–H groups in total. The lowest BCUT2D eigenvalue weighted by Crippen LogP contribution is -2.27. The molecule has 1 amide bonds. The van der Waals surface area contributed by atoms with E-state index in [9.17, 15) is 9.59 Å². The Morgan fingerprint density at radius 3 is 2.36 bits per heavy atom. The Hall–Kier alpha value is -2.47. The van der Waals surface area contributed by atoms with Gasteiger partial charge in [0.05, 0.1) is 6.42 Å². The summed E-state index contributed by atoms with van der Waals surface area (Å²) < 4.78 is 6.12. The first-order valence-electron chi connectivity index (χ1n) is 9.20. The molecular weight excluding hydrogens is 374 g/mol. The van der Waals surface area contributed by atoms with Crippen LogP contribution in [-0.4, -0.2) is 17.0 Å². The summed E-state index contributed by atoms with van der Waals surface area (Å²) in [5.41, 5.74) is 2.70. The Labute approximate surface area is 171 Å². The molecule has 0 aliphatic carbocycles. The Kier molecular flexibility index (Phi) is 7.13. The molecule has 0 aromatic heterocycles. The molecule has 0 saturated carbocycles. The molecule has 0 heterocycles. The van der Waals surface area contributed by atoms with Crippen molar-refractivity contribution in [2.75, 3.05) is 5.32 Å². The summed E-state index contributed by atoms with van der Waals surface area (Å²) in [6, 6.07) is 10.9. The molecule has 6 heteroatoms. The number of carboxylic acids is 1. The molecule has 0 aliphatic heterocycles. The number of amides is 1. The van der Waals surface area contributed by atoms with Gasteiger partial charge in [-0.05, 0) is 41.8 Å². The zero-order chi connectivity index (χ0) is 20.9. The van der Waals surface area contributed by atoms with Gasteiger partial charge in [-0.3, -0.25) is 9.59 Å². The minimum Gasteiger partial charge on any atom is -0.481 e. The van der Waals surface area contributed by atoms with Gasteiger partial charge >= 0.3 is 5.97 Å². The quantitative estimate of drug-likeness (QED) is 0.565. The number of hydrogen-bond donors (Lipinski definition) is 3. The van der Waals surface area contributed by atoms with Gasteiger partial charge in [0.15, 0.2) is 0 Å². The molecule has 0 fully saturated rings. The van der Waals surface area contributed by atoms with Gasteiger partial charge in [0.1, 0.15) is 11.5 Å². The van der Waals surface area contributed by atoms with Gasteiger partial charge in [-0.15, -0.1) is 0 Å². The van der Waals surface area contributed by atoms with E-state index in [-0.39, 0.29) is 12.3 Å². The summed E-state index contributed by atoms with van der Waals surface area (Å²) >= 11 is 4.39. The number of aryl methyl sites for hydroxylation is 1. The van der Waals surface area contributed by atoms with Crippen LogP contribution >= 0.6 is 12.6 Å². The van der Waals surface area contributed by atoms with Crippen molar-refractivity contribution in [2.45, 2.75) is 46.3 Å². The highest BCUT2D eigenvalue weighted by Gasteiger charge is 2.21. The van der Waals surface area contributed by atoms with Gasteiger partial charge < -0.3 is 15.2 Å². The maximum absolute atomic E-state index is 12.2. The van der Waals surface area contributed by atoms with E-state index in [0.717, 1.165) is 17.5 Å². The smallest absolute Gasteiger partial charge is 0.307 e. The zero-order valence-corrected chi connectivity index (χ0v) is 17.6. The topological polar surface area (TPSA) is 75.6 Å². The molecular formula is C22H27NO4S. The number of aliphatic carboxylic acids is 1. The molecule has 2 aromatic rings. The summed E-state index contributed by atoms with van der Waals surface area (Å²) in [5, 5.41) is 11.9. The first-order chi connectivity index (χ1) is 13.1. The number of hydrogen-bond acceptors (Lipinski definition) is 4. The highest BCUT2D eigenvalue weighted by atomic mass is 32.1. The van der Waals surface area contributed by atoms with Crippen molar-refractivity contribution in [3.63, 3.8) is 0 Å². The molecule has 0 spiro atoms. The second-order valence-corrected chi connectivity index (χ2v) is 7.97. The SMILES string of the molecule is CCc1ccc(CC(=O)O)cc1Oc1ccc(NC(=O)C(C)(C)C)cc1CS. The lowest BCUT2D eigenvalue weighted by atomic mass is 9.95. The summed E-state index contributed by atoms with van der Waals surface area (Å²) in [5.74, 6) is 0.748. The first kappa shape index (κ1) is 21.8. The minimum atomic E-state index is -0.884. The average Bonchev–Trinajstić information content (AvgIpc) is 2.62. The maximum atomic E-state index is 12.2. The van der Waals surface area contributed by atoms with Gasteiger partial charge in [-0.2, -0.15) is 12.6 Å². The highest BCUT2D eigenvalue weighted by molar-refractivity contribution is 7.79. The molecule has 0 atom stereocenters. The van der Waals surface area contributed by atoms with Gasteiger partial charge in [-0.1, -0.05) is 39.8 Å². The van der Waals surface area contributed by atoms with Crippen LogP contribution in [0.3, 0.4) is 0 Å². The molecule has 0 saturated heterocycles. The van der Waals surface area contributed by atoms with Crippen molar-refractivity contribution in [1.29, 1.82) is 0 Å². The predicted octanol–water partition coefficient (Wildman–Crippen LogP) is 5.08. The average molecular weight is 402 g/mol. The van der Waals surface area contributed by atoms with Crippen LogP contribution in [0.1, 0.15) is 44.4 Å². The molecule has 0 radical (unpaired) electrons. The zero-order valence-electron chi connectivity index (χ0n) is 16.7. The van der Waals surface area contributed by atoms with Crippen molar-refractivity contribution < 1.29 is 19.4 Å². The molecule has 2 rings (SSSR count). The van der Waals surface area contributed by atoms with Crippen LogP contribution in [0.2, 0.25) is 0 Å². The van der Waals surface area contributed by atoms with E-state index >= 15 is 0 Å². The third-order valence-electron chi connectivity index (χ3n) is 4.26. The molecule has 0 unspecified atom stereocenters. The fourth-order valence-corrected chi connectivity index (χ4v) is 2.84. The number of carbonyl (C=O) groups excluding carboxylic acids is 1. The van der Waals surface area contributed by atoms with Crippen LogP contribution in [-0.2, 0) is 28.2 Å². The third kappa shape index (κ3) is 5.76. The molecule has 0 aliphatic rings. The number of carbonyl (C=O) groups is 2. The maximum Gasteiger partial charge on any atom is 0.307 e. The van der Waals surface area contributed by atoms with Crippen LogP contribution in [0.25, 0.3) is 0 Å². The monoisotopic (exact) mass is 401 g/mol. The van der Waals surface area contributed by atoms with Crippen molar-refractivity contribution in [2.24, 2.45) is 5.41 Å². The first-order valence-corrected chi connectivity index (χ1v) is 9.84. The fraction of sp³-hybridized carbons (Fsp3) is 0.364. The van der Waals surface area contributed by atoms with Crippen molar-refractivity contribution in [3.05, 3.63) is 53.1 Å². The van der Waals surface area contributed by atoms with Crippen molar-refractivity contribution in [1.82, 2.24) is 0 Å². The van der Waals surface area contributed by atoms with Crippen LogP contribution in [0.15, 0.2) is 36.4 Å². The van der Waals surface area contributed by atoms with E-state index in [1.165, 1.54) is 0 Å². The van der Waals surface area contributed by atoms with Crippen molar-refractivity contribution in [3.8, 4) is 11.5 Å². The number of anilines is 1. The number of nitrogens with one attached hydrogen (secondary N) is 1. The van der Waals surface area contributed by atoms with Crippen LogP contribution in [0, 0.1) is 5.41 Å². The molecule has 28 heavy (non-hydrogen) atoms. The number of rotatable bonds is 7. The summed E-state index contributed by atoms with van der Waals surface area (Å²) in [6.07, 6.45) is 0.705. The lowest BCUT2D eigenvalue weighted by molar-refractivity contribution is -0.136. The number of benzene rings is 2. The standard InChI is InChI=1S/C22H27NO4S/c1-5-15-7-6-14(11-20(24)25)10-19(15)27-18-9-8-17(12-16(18)13-28)23-21(26)22(2,3)4/h6-10,12,28H,5,11,13H2,1-4H3,(H,23,26)(H,24,25). The molecule has 5 nitrogen and oxygen atoms in total.